The first-order chi connectivity index (χ1) is 9.71. The van der Waals surface area contributed by atoms with Crippen molar-refractivity contribution in [2.45, 2.75) is 13.8 Å². The van der Waals surface area contributed by atoms with Gasteiger partial charge in [0, 0.05) is 11.8 Å². The maximum atomic E-state index is 11.4. The third-order valence-corrected chi connectivity index (χ3v) is 2.36. The minimum Gasteiger partial charge on any atom is -0.490 e. The quantitative estimate of drug-likeness (QED) is 0.704. The molecule has 6 nitrogen and oxygen atoms in total. The van der Waals surface area contributed by atoms with Crippen molar-refractivity contribution in [3.63, 3.8) is 0 Å². The zero-order chi connectivity index (χ0) is 14.8. The molecule has 6 heteroatoms. The maximum absolute atomic E-state index is 11.4. The van der Waals surface area contributed by atoms with Crippen molar-refractivity contribution >= 4 is 11.6 Å². The molecular weight excluding hydrogens is 258 g/mol. The van der Waals surface area contributed by atoms with Crippen molar-refractivity contribution in [1.29, 1.82) is 5.26 Å². The smallest absolute Gasteiger partial charge is 0.240 e. The van der Waals surface area contributed by atoms with Crippen molar-refractivity contribution in [3.8, 4) is 17.6 Å². The van der Waals surface area contributed by atoms with Crippen molar-refractivity contribution in [2.75, 3.05) is 31.6 Å². The van der Waals surface area contributed by atoms with Crippen LogP contribution in [0.2, 0.25) is 0 Å². The monoisotopic (exact) mass is 277 g/mol. The number of hydrogen-bond acceptors (Lipinski definition) is 5. The molecule has 0 aliphatic carbocycles. The Morgan fingerprint density at radius 3 is 2.60 bits per heavy atom. The van der Waals surface area contributed by atoms with E-state index in [2.05, 4.69) is 10.6 Å². The SMILES string of the molecule is CCOc1ccc(NCC(=O)NCC#N)cc1OCC. The first-order valence-corrected chi connectivity index (χ1v) is 6.48. The topological polar surface area (TPSA) is 83.4 Å². The van der Waals surface area contributed by atoms with Gasteiger partial charge in [0.1, 0.15) is 6.54 Å². The summed E-state index contributed by atoms with van der Waals surface area (Å²) in [6.07, 6.45) is 0. The van der Waals surface area contributed by atoms with Crippen LogP contribution in [0.15, 0.2) is 18.2 Å². The summed E-state index contributed by atoms with van der Waals surface area (Å²) in [6.45, 7) is 5.00. The van der Waals surface area contributed by atoms with Crippen molar-refractivity contribution in [3.05, 3.63) is 18.2 Å². The highest BCUT2D eigenvalue weighted by molar-refractivity contribution is 5.81. The normalized spacial score (nSPS) is 9.45. The second-order valence-electron chi connectivity index (χ2n) is 3.82. The van der Waals surface area contributed by atoms with Gasteiger partial charge in [0.2, 0.25) is 5.91 Å². The van der Waals surface area contributed by atoms with Crippen LogP contribution in [0.5, 0.6) is 11.5 Å². The van der Waals surface area contributed by atoms with Gasteiger partial charge in [0.15, 0.2) is 11.5 Å². The fraction of sp³-hybridized carbons (Fsp3) is 0.429. The number of ether oxygens (including phenoxy) is 2. The molecule has 1 rings (SSSR count). The lowest BCUT2D eigenvalue weighted by atomic mass is 10.2. The number of amides is 1. The Balaban J connectivity index is 2.64. The second-order valence-corrected chi connectivity index (χ2v) is 3.82. The summed E-state index contributed by atoms with van der Waals surface area (Å²) in [6, 6.07) is 7.24. The minimum absolute atomic E-state index is 0.00792. The van der Waals surface area contributed by atoms with Crippen LogP contribution in [0, 0.1) is 11.3 Å². The molecule has 0 saturated heterocycles. The van der Waals surface area contributed by atoms with E-state index >= 15 is 0 Å². The molecule has 0 atom stereocenters. The van der Waals surface area contributed by atoms with Gasteiger partial charge >= 0.3 is 0 Å². The van der Waals surface area contributed by atoms with Gasteiger partial charge < -0.3 is 20.1 Å². The lowest BCUT2D eigenvalue weighted by Gasteiger charge is -2.13. The first kappa shape index (κ1) is 15.6. The minimum atomic E-state index is -0.238. The lowest BCUT2D eigenvalue weighted by Crippen LogP contribution is -2.29. The molecule has 20 heavy (non-hydrogen) atoms. The highest BCUT2D eigenvalue weighted by atomic mass is 16.5. The molecule has 0 aliphatic heterocycles. The number of nitrogens with zero attached hydrogens (tertiary/aromatic N) is 1. The van der Waals surface area contributed by atoms with Crippen molar-refractivity contribution in [1.82, 2.24) is 5.32 Å². The van der Waals surface area contributed by atoms with Gasteiger partial charge in [0.05, 0.1) is 25.8 Å². The molecule has 0 fully saturated rings. The zero-order valence-electron chi connectivity index (χ0n) is 11.7. The number of hydrogen-bond donors (Lipinski definition) is 2. The summed E-state index contributed by atoms with van der Waals surface area (Å²) in [7, 11) is 0. The first-order valence-electron chi connectivity index (χ1n) is 6.48. The molecule has 0 unspecified atom stereocenters. The Morgan fingerprint density at radius 1 is 1.25 bits per heavy atom. The van der Waals surface area contributed by atoms with Gasteiger partial charge in [-0.15, -0.1) is 0 Å². The number of rotatable bonds is 8. The molecular formula is C14H19N3O3. The highest BCUT2D eigenvalue weighted by Gasteiger charge is 2.07. The van der Waals surface area contributed by atoms with Crippen LogP contribution >= 0.6 is 0 Å². The van der Waals surface area contributed by atoms with Crippen LogP contribution in [0.25, 0.3) is 0 Å². The molecule has 0 radical (unpaired) electrons. The summed E-state index contributed by atoms with van der Waals surface area (Å²) >= 11 is 0. The van der Waals surface area contributed by atoms with Crippen LogP contribution in [0.3, 0.4) is 0 Å². The second kappa shape index (κ2) is 8.64. The molecule has 1 amide bonds. The van der Waals surface area contributed by atoms with Gasteiger partial charge in [-0.05, 0) is 26.0 Å². The summed E-state index contributed by atoms with van der Waals surface area (Å²) in [4.78, 5) is 11.4. The number of benzene rings is 1. The van der Waals surface area contributed by atoms with Crippen LogP contribution in [-0.2, 0) is 4.79 Å². The molecule has 1 aromatic carbocycles. The van der Waals surface area contributed by atoms with E-state index in [0.29, 0.717) is 24.7 Å². The van der Waals surface area contributed by atoms with Crippen molar-refractivity contribution < 1.29 is 14.3 Å². The standard InChI is InChI=1S/C14H19N3O3/c1-3-19-12-6-5-11(9-13(12)20-4-2)17-10-14(18)16-8-7-15/h5-6,9,17H,3-4,8,10H2,1-2H3,(H,16,18). The zero-order valence-corrected chi connectivity index (χ0v) is 11.7. The van der Waals surface area contributed by atoms with Crippen LogP contribution in [0.1, 0.15) is 13.8 Å². The predicted molar refractivity (Wildman–Crippen MR) is 75.9 cm³/mol. The number of carbonyl (C=O) groups excluding carboxylic acids is 1. The van der Waals surface area contributed by atoms with E-state index < -0.39 is 0 Å². The summed E-state index contributed by atoms with van der Waals surface area (Å²) in [5, 5.41) is 13.8. The molecule has 0 heterocycles. The van der Waals surface area contributed by atoms with E-state index in [4.69, 9.17) is 14.7 Å². The fourth-order valence-corrected chi connectivity index (χ4v) is 1.54. The Hall–Kier alpha value is -2.42. The molecule has 0 bridgehead atoms. The van der Waals surface area contributed by atoms with E-state index in [9.17, 15) is 4.79 Å². The molecule has 2 N–H and O–H groups in total. The van der Waals surface area contributed by atoms with Gasteiger partial charge in [-0.1, -0.05) is 0 Å². The Labute approximate surface area is 118 Å². The molecule has 0 saturated carbocycles. The molecule has 0 spiro atoms. The highest BCUT2D eigenvalue weighted by Crippen LogP contribution is 2.30. The molecule has 108 valence electrons. The van der Waals surface area contributed by atoms with Gasteiger partial charge in [-0.3, -0.25) is 4.79 Å². The van der Waals surface area contributed by atoms with E-state index in [0.717, 1.165) is 5.69 Å². The van der Waals surface area contributed by atoms with E-state index in [1.807, 2.05) is 26.0 Å². The fourth-order valence-electron chi connectivity index (χ4n) is 1.54. The molecule has 1 aromatic rings. The third kappa shape index (κ3) is 5.06. The molecule has 0 aromatic heterocycles. The van der Waals surface area contributed by atoms with E-state index in [-0.39, 0.29) is 19.0 Å². The van der Waals surface area contributed by atoms with Crippen LogP contribution in [-0.4, -0.2) is 32.2 Å². The van der Waals surface area contributed by atoms with Crippen LogP contribution < -0.4 is 20.1 Å². The predicted octanol–water partition coefficient (Wildman–Crippen LogP) is 1.54. The van der Waals surface area contributed by atoms with Gasteiger partial charge in [0.25, 0.3) is 0 Å². The summed E-state index contributed by atoms with van der Waals surface area (Å²) in [5.74, 6) is 1.07. The number of nitrogens with one attached hydrogen (secondary N) is 2. The van der Waals surface area contributed by atoms with Crippen LogP contribution in [0.4, 0.5) is 5.69 Å². The van der Waals surface area contributed by atoms with E-state index in [1.54, 1.807) is 12.1 Å². The summed E-state index contributed by atoms with van der Waals surface area (Å²) in [5.41, 5.74) is 0.754. The maximum Gasteiger partial charge on any atom is 0.240 e. The lowest BCUT2D eigenvalue weighted by molar-refractivity contribution is -0.119. The number of nitriles is 1. The Bertz CT molecular complexity index is 483. The molecule has 0 aliphatic rings. The summed E-state index contributed by atoms with van der Waals surface area (Å²) < 4.78 is 10.9. The third-order valence-electron chi connectivity index (χ3n) is 2.36. The van der Waals surface area contributed by atoms with Gasteiger partial charge in [-0.25, -0.2) is 0 Å². The van der Waals surface area contributed by atoms with Gasteiger partial charge in [-0.2, -0.15) is 5.26 Å². The Kier molecular flexibility index (Phi) is 6.76. The number of carbonyl (C=O) groups is 1. The van der Waals surface area contributed by atoms with Crippen molar-refractivity contribution in [2.24, 2.45) is 0 Å². The van der Waals surface area contributed by atoms with E-state index in [1.165, 1.54) is 0 Å². The largest absolute Gasteiger partial charge is 0.490 e. The average molecular weight is 277 g/mol. The average Bonchev–Trinajstić information content (AvgIpc) is 2.45. The number of anilines is 1. The Morgan fingerprint density at radius 2 is 1.95 bits per heavy atom.